The van der Waals surface area contributed by atoms with Crippen LogP contribution in [0.1, 0.15) is 29.6 Å². The summed E-state index contributed by atoms with van der Waals surface area (Å²) in [6.45, 7) is 0. The molecule has 1 atom stereocenters. The van der Waals surface area contributed by atoms with Crippen molar-refractivity contribution in [3.63, 3.8) is 0 Å². The molecule has 0 heterocycles. The predicted octanol–water partition coefficient (Wildman–Crippen LogP) is -0.0946. The maximum absolute atomic E-state index is 10.2. The van der Waals surface area contributed by atoms with Crippen LogP contribution >= 0.6 is 0 Å². The first kappa shape index (κ1) is 33.8. The van der Waals surface area contributed by atoms with Gasteiger partial charge in [0.25, 0.3) is 0 Å². The van der Waals surface area contributed by atoms with Crippen LogP contribution in [-0.4, -0.2) is 83.6 Å². The van der Waals surface area contributed by atoms with Gasteiger partial charge < -0.3 is 41.5 Å². The highest BCUT2D eigenvalue weighted by molar-refractivity contribution is 5.90. The lowest BCUT2D eigenvalue weighted by molar-refractivity contribution is -0.147. The summed E-state index contributed by atoms with van der Waals surface area (Å²) in [7, 11) is 0. The molecule has 0 radical (unpaired) electrons. The number of hydrogen-bond acceptors (Lipinski definition) is 8. The molecule has 0 bridgehead atoms. The fourth-order valence-corrected chi connectivity index (χ4v) is 1.26. The topological polar surface area (TPSA) is 287 Å². The molecule has 1 aromatic carbocycles. The van der Waals surface area contributed by atoms with E-state index < -0.39 is 54.2 Å². The van der Waals surface area contributed by atoms with Crippen molar-refractivity contribution >= 4 is 41.8 Å². The number of benzene rings is 1. The molecule has 0 aliphatic rings. The molecule has 0 aromatic heterocycles. The Morgan fingerprint density at radius 1 is 0.706 bits per heavy atom. The zero-order valence-electron chi connectivity index (χ0n) is 17.3. The maximum Gasteiger partial charge on any atom is 0.335 e. The Morgan fingerprint density at radius 2 is 1.12 bits per heavy atom. The number of hydrogen-bond donors (Lipinski definition) is 8. The van der Waals surface area contributed by atoms with Crippen LogP contribution < -0.4 is 5.73 Å². The standard InChI is InChI=1S/C7H6O2.C5H9NO4.C4H4O4.C3H4O4/c8-7(9)6-4-2-1-3-5-6;6-3(5(9)10)1-2-4(7)8;5-3(6)1-2-4(7)8;4-2(5)1-3(6)7/h1-5H,(H,8,9);3H,1-2,6H2,(H,7,8)(H,9,10);1-2H,(H,5,6)(H,7,8);1H2,(H,4,5)(H,6,7)/b;;2-1+;. The summed E-state index contributed by atoms with van der Waals surface area (Å²) in [6.07, 6.45) is 0.0861. The van der Waals surface area contributed by atoms with Gasteiger partial charge in [0.2, 0.25) is 0 Å². The molecular weight excluding hydrogens is 466 g/mol. The second-order valence-electron chi connectivity index (χ2n) is 5.52. The van der Waals surface area contributed by atoms with Crippen LogP contribution in [0.25, 0.3) is 0 Å². The number of carboxylic acids is 7. The summed E-state index contributed by atoms with van der Waals surface area (Å²) in [5.41, 5.74) is 5.33. The van der Waals surface area contributed by atoms with Crippen LogP contribution in [0.2, 0.25) is 0 Å². The summed E-state index contributed by atoms with van der Waals surface area (Å²) in [5.74, 6) is -8.21. The highest BCUT2D eigenvalue weighted by atomic mass is 16.4. The molecule has 0 saturated carbocycles. The molecule has 9 N–H and O–H groups in total. The third-order valence-corrected chi connectivity index (χ3v) is 2.68. The summed E-state index contributed by atoms with van der Waals surface area (Å²) in [4.78, 5) is 68.0. The Bertz CT molecular complexity index is 835. The third-order valence-electron chi connectivity index (χ3n) is 2.68. The highest BCUT2D eigenvalue weighted by Gasteiger charge is 2.12. The Hall–Kier alpha value is -4.79. The fraction of sp³-hybridized carbons (Fsp3) is 0.211. The van der Waals surface area contributed by atoms with Crippen LogP contribution in [0.15, 0.2) is 42.5 Å². The van der Waals surface area contributed by atoms with Crippen molar-refractivity contribution in [1.82, 2.24) is 0 Å². The number of carboxylic acid groups (broad SMARTS) is 7. The van der Waals surface area contributed by atoms with E-state index in [0.29, 0.717) is 17.7 Å². The van der Waals surface area contributed by atoms with Crippen LogP contribution in [0.4, 0.5) is 0 Å². The van der Waals surface area contributed by atoms with Gasteiger partial charge in [-0.2, -0.15) is 0 Å². The zero-order valence-corrected chi connectivity index (χ0v) is 17.3. The second-order valence-corrected chi connectivity index (χ2v) is 5.52. The molecule has 15 heteroatoms. The van der Waals surface area contributed by atoms with E-state index in [0.717, 1.165) is 0 Å². The number of aliphatic carboxylic acids is 6. The molecule has 1 rings (SSSR count). The van der Waals surface area contributed by atoms with Crippen molar-refractivity contribution in [2.45, 2.75) is 25.3 Å². The van der Waals surface area contributed by atoms with Crippen LogP contribution in [0, 0.1) is 0 Å². The van der Waals surface area contributed by atoms with Gasteiger partial charge in [-0.3, -0.25) is 19.2 Å². The second kappa shape index (κ2) is 20.1. The molecule has 0 saturated heterocycles. The van der Waals surface area contributed by atoms with Gasteiger partial charge in [0.05, 0.1) is 5.56 Å². The van der Waals surface area contributed by atoms with Gasteiger partial charge in [0, 0.05) is 18.6 Å². The normalized spacial score (nSPS) is 9.91. The fourth-order valence-electron chi connectivity index (χ4n) is 1.26. The molecule has 0 spiro atoms. The van der Waals surface area contributed by atoms with E-state index in [1.54, 1.807) is 30.3 Å². The van der Waals surface area contributed by atoms with Gasteiger partial charge >= 0.3 is 41.8 Å². The lowest BCUT2D eigenvalue weighted by atomic mass is 10.2. The van der Waals surface area contributed by atoms with E-state index in [1.807, 2.05) is 0 Å². The van der Waals surface area contributed by atoms with Gasteiger partial charge in [0.1, 0.15) is 12.5 Å². The lowest BCUT2D eigenvalue weighted by Gasteiger charge is -2.01. The van der Waals surface area contributed by atoms with Gasteiger partial charge in [-0.1, -0.05) is 18.2 Å². The summed E-state index contributed by atoms with van der Waals surface area (Å²) in [6, 6.07) is 7.24. The number of aromatic carboxylic acids is 1. The quantitative estimate of drug-likeness (QED) is 0.166. The molecular formula is C19H23NO14. The van der Waals surface area contributed by atoms with E-state index in [2.05, 4.69) is 0 Å². The smallest absolute Gasteiger partial charge is 0.335 e. The van der Waals surface area contributed by atoms with Crippen LogP contribution in [0.5, 0.6) is 0 Å². The van der Waals surface area contributed by atoms with Gasteiger partial charge in [0.15, 0.2) is 0 Å². The molecule has 0 aliphatic carbocycles. The van der Waals surface area contributed by atoms with Gasteiger partial charge in [-0.05, 0) is 18.6 Å². The van der Waals surface area contributed by atoms with Crippen molar-refractivity contribution < 1.29 is 69.3 Å². The van der Waals surface area contributed by atoms with Gasteiger partial charge in [-0.25, -0.2) is 14.4 Å². The van der Waals surface area contributed by atoms with Crippen molar-refractivity contribution in [1.29, 1.82) is 0 Å². The first-order chi connectivity index (χ1) is 15.6. The SMILES string of the molecule is NC(CCC(=O)O)C(=O)O.O=C(O)/C=C/C(=O)O.O=C(O)CC(=O)O.O=C(O)c1ccccc1. The molecule has 0 fully saturated rings. The van der Waals surface area contributed by atoms with E-state index in [-0.39, 0.29) is 12.8 Å². The monoisotopic (exact) mass is 489 g/mol. The van der Waals surface area contributed by atoms with Crippen LogP contribution in [0.3, 0.4) is 0 Å². The molecule has 1 unspecified atom stereocenters. The largest absolute Gasteiger partial charge is 0.481 e. The van der Waals surface area contributed by atoms with Crippen LogP contribution in [-0.2, 0) is 28.8 Å². The summed E-state index contributed by atoms with van der Waals surface area (Å²) in [5, 5.41) is 55.7. The molecule has 1 aromatic rings. The Morgan fingerprint density at radius 3 is 1.32 bits per heavy atom. The first-order valence-corrected chi connectivity index (χ1v) is 8.66. The molecule has 15 nitrogen and oxygen atoms in total. The molecule has 188 valence electrons. The highest BCUT2D eigenvalue weighted by Crippen LogP contribution is 1.96. The Kier molecular flexibility index (Phi) is 20.0. The third kappa shape index (κ3) is 29.4. The molecule has 34 heavy (non-hydrogen) atoms. The van der Waals surface area contributed by atoms with E-state index in [4.69, 9.17) is 41.5 Å². The Balaban J connectivity index is -0.000000380. The summed E-state index contributed by atoms with van der Waals surface area (Å²) >= 11 is 0. The Labute approximate surface area is 191 Å². The minimum atomic E-state index is -1.31. The minimum absolute atomic E-state index is 0.0231. The number of nitrogens with two attached hydrogens (primary N) is 1. The number of carbonyl (C=O) groups is 7. The maximum atomic E-state index is 10.2. The van der Waals surface area contributed by atoms with E-state index >= 15 is 0 Å². The van der Waals surface area contributed by atoms with E-state index in [1.165, 1.54) is 0 Å². The first-order valence-electron chi connectivity index (χ1n) is 8.66. The summed E-state index contributed by atoms with van der Waals surface area (Å²) < 4.78 is 0. The van der Waals surface area contributed by atoms with Crippen molar-refractivity contribution in [2.24, 2.45) is 5.73 Å². The van der Waals surface area contributed by atoms with E-state index in [9.17, 15) is 33.6 Å². The predicted molar refractivity (Wildman–Crippen MR) is 110 cm³/mol. The lowest BCUT2D eigenvalue weighted by Crippen LogP contribution is -2.30. The van der Waals surface area contributed by atoms with Crippen molar-refractivity contribution in [3.8, 4) is 0 Å². The van der Waals surface area contributed by atoms with Gasteiger partial charge in [-0.15, -0.1) is 0 Å². The van der Waals surface area contributed by atoms with Crippen molar-refractivity contribution in [2.75, 3.05) is 0 Å². The average molecular weight is 489 g/mol. The van der Waals surface area contributed by atoms with Crippen molar-refractivity contribution in [3.05, 3.63) is 48.0 Å². The minimum Gasteiger partial charge on any atom is -0.481 e. The zero-order chi connectivity index (χ0) is 27.3. The molecule has 0 amide bonds. The number of rotatable bonds is 9. The molecule has 0 aliphatic heterocycles. The average Bonchev–Trinajstić information content (AvgIpc) is 2.71.